The van der Waals surface area contributed by atoms with Gasteiger partial charge in [0.05, 0.1) is 5.75 Å². The van der Waals surface area contributed by atoms with Crippen molar-refractivity contribution in [2.45, 2.75) is 18.7 Å². The Kier molecular flexibility index (Phi) is 6.47. The highest BCUT2D eigenvalue weighted by molar-refractivity contribution is 7.99. The lowest BCUT2D eigenvalue weighted by Gasteiger charge is -2.03. The minimum atomic E-state index is -0.261. The molecule has 0 bridgehead atoms. The molecule has 2 aromatic carbocycles. The Labute approximate surface area is 186 Å². The molecule has 0 aliphatic heterocycles. The van der Waals surface area contributed by atoms with Crippen LogP contribution in [-0.4, -0.2) is 26.4 Å². The molecule has 0 aliphatic rings. The predicted octanol–water partition coefficient (Wildman–Crippen LogP) is 4.83. The summed E-state index contributed by atoms with van der Waals surface area (Å²) in [5.74, 6) is 0.209. The largest absolute Gasteiger partial charge is 0.411 e. The fraction of sp³-hybridized carbons (Fsp3) is 0.143. The Hall–Kier alpha value is -2.68. The summed E-state index contributed by atoms with van der Waals surface area (Å²) < 4.78 is 7.57. The van der Waals surface area contributed by atoms with Crippen molar-refractivity contribution in [2.24, 2.45) is 4.99 Å². The maximum absolute atomic E-state index is 12.4. The number of hydrogen-bond acceptors (Lipinski definition) is 6. The molecule has 0 spiro atoms. The quantitative estimate of drug-likeness (QED) is 0.388. The van der Waals surface area contributed by atoms with Crippen molar-refractivity contribution in [2.75, 3.05) is 5.75 Å². The van der Waals surface area contributed by atoms with E-state index in [0.717, 1.165) is 22.9 Å². The summed E-state index contributed by atoms with van der Waals surface area (Å²) in [6, 6.07) is 15.5. The van der Waals surface area contributed by atoms with E-state index in [4.69, 9.17) is 16.0 Å². The number of benzene rings is 2. The highest BCUT2D eigenvalue weighted by atomic mass is 35.5. The van der Waals surface area contributed by atoms with Crippen LogP contribution in [0.1, 0.15) is 11.1 Å². The van der Waals surface area contributed by atoms with E-state index < -0.39 is 0 Å². The van der Waals surface area contributed by atoms with E-state index in [9.17, 15) is 4.79 Å². The SMILES string of the molecule is Cc1ccc(Cn2ccsc2=NC(=O)CSc2nnc(-c3cccc(Cl)c3)o2)cc1. The van der Waals surface area contributed by atoms with E-state index in [2.05, 4.69) is 46.4 Å². The van der Waals surface area contributed by atoms with Crippen molar-refractivity contribution in [3.63, 3.8) is 0 Å². The van der Waals surface area contributed by atoms with Crippen molar-refractivity contribution < 1.29 is 9.21 Å². The molecule has 0 saturated carbocycles. The van der Waals surface area contributed by atoms with Crippen LogP contribution in [0.3, 0.4) is 0 Å². The maximum Gasteiger partial charge on any atom is 0.277 e. The highest BCUT2D eigenvalue weighted by Crippen LogP contribution is 2.25. The lowest BCUT2D eigenvalue weighted by Crippen LogP contribution is -2.17. The van der Waals surface area contributed by atoms with Crippen LogP contribution in [0.4, 0.5) is 0 Å². The summed E-state index contributed by atoms with van der Waals surface area (Å²) in [6.45, 7) is 2.72. The van der Waals surface area contributed by atoms with Crippen molar-refractivity contribution in [1.82, 2.24) is 14.8 Å². The second-order valence-electron chi connectivity index (χ2n) is 6.48. The van der Waals surface area contributed by atoms with E-state index in [0.29, 0.717) is 27.5 Å². The minimum Gasteiger partial charge on any atom is -0.411 e. The number of carbonyl (C=O) groups is 1. The third-order valence-electron chi connectivity index (χ3n) is 4.15. The second-order valence-corrected chi connectivity index (χ2v) is 8.71. The van der Waals surface area contributed by atoms with Crippen LogP contribution >= 0.6 is 34.7 Å². The van der Waals surface area contributed by atoms with Gasteiger partial charge in [-0.05, 0) is 30.7 Å². The molecule has 0 saturated heterocycles. The number of halogens is 1. The lowest BCUT2D eigenvalue weighted by atomic mass is 10.1. The molecule has 9 heteroatoms. The first kappa shape index (κ1) is 20.6. The van der Waals surface area contributed by atoms with Gasteiger partial charge >= 0.3 is 0 Å². The van der Waals surface area contributed by atoms with Gasteiger partial charge < -0.3 is 8.98 Å². The zero-order valence-electron chi connectivity index (χ0n) is 16.0. The Balaban J connectivity index is 1.40. The summed E-state index contributed by atoms with van der Waals surface area (Å²) in [7, 11) is 0. The lowest BCUT2D eigenvalue weighted by molar-refractivity contribution is -0.115. The van der Waals surface area contributed by atoms with Gasteiger partial charge in [-0.1, -0.05) is 59.3 Å². The molecule has 1 amide bonds. The monoisotopic (exact) mass is 456 g/mol. The fourth-order valence-corrected chi connectivity index (χ4v) is 4.15. The van der Waals surface area contributed by atoms with Crippen LogP contribution in [0.5, 0.6) is 0 Å². The molecule has 2 aromatic heterocycles. The number of thiazole rings is 1. The predicted molar refractivity (Wildman–Crippen MR) is 119 cm³/mol. The van der Waals surface area contributed by atoms with Crippen molar-refractivity contribution in [1.29, 1.82) is 0 Å². The van der Waals surface area contributed by atoms with Gasteiger partial charge in [0.15, 0.2) is 4.80 Å². The van der Waals surface area contributed by atoms with Crippen molar-refractivity contribution in [3.8, 4) is 11.5 Å². The molecule has 0 atom stereocenters. The standard InChI is InChI=1S/C21H17ClN4O2S2/c1-14-5-7-15(8-6-14)12-26-9-10-29-20(26)23-18(27)13-30-21-25-24-19(28-21)16-3-2-4-17(22)11-16/h2-11H,12-13H2,1H3. The van der Waals surface area contributed by atoms with E-state index in [1.165, 1.54) is 16.9 Å². The Morgan fingerprint density at radius 1 is 1.23 bits per heavy atom. The molecule has 2 heterocycles. The fourth-order valence-electron chi connectivity index (χ4n) is 2.67. The van der Waals surface area contributed by atoms with Crippen LogP contribution < -0.4 is 4.80 Å². The highest BCUT2D eigenvalue weighted by Gasteiger charge is 2.11. The van der Waals surface area contributed by atoms with Gasteiger partial charge in [0.25, 0.3) is 11.1 Å². The molecule has 0 aliphatic carbocycles. The molecule has 0 fully saturated rings. The molecule has 152 valence electrons. The molecule has 0 unspecified atom stereocenters. The molecule has 4 aromatic rings. The van der Waals surface area contributed by atoms with Crippen LogP contribution in [-0.2, 0) is 11.3 Å². The molecular weight excluding hydrogens is 440 g/mol. The number of aryl methyl sites for hydroxylation is 1. The minimum absolute atomic E-state index is 0.111. The van der Waals surface area contributed by atoms with Gasteiger partial charge in [-0.15, -0.1) is 21.5 Å². The Morgan fingerprint density at radius 2 is 2.07 bits per heavy atom. The number of nitrogens with zero attached hydrogens (tertiary/aromatic N) is 4. The molecule has 0 N–H and O–H groups in total. The van der Waals surface area contributed by atoms with Gasteiger partial charge in [0.2, 0.25) is 5.89 Å². The Morgan fingerprint density at radius 3 is 2.87 bits per heavy atom. The molecule has 30 heavy (non-hydrogen) atoms. The first-order chi connectivity index (χ1) is 14.6. The third kappa shape index (κ3) is 5.27. The number of hydrogen-bond donors (Lipinski definition) is 0. The normalized spacial score (nSPS) is 11.7. The average molecular weight is 457 g/mol. The third-order valence-corrected chi connectivity index (χ3v) is 5.98. The Bertz CT molecular complexity index is 1230. The zero-order chi connectivity index (χ0) is 20.9. The van der Waals surface area contributed by atoms with Crippen LogP contribution in [0, 0.1) is 6.92 Å². The van der Waals surface area contributed by atoms with E-state index in [1.807, 2.05) is 28.3 Å². The van der Waals surface area contributed by atoms with Crippen molar-refractivity contribution in [3.05, 3.63) is 81.1 Å². The number of carbonyl (C=O) groups excluding carboxylic acids is 1. The smallest absolute Gasteiger partial charge is 0.277 e. The van der Waals surface area contributed by atoms with Gasteiger partial charge in [-0.25, -0.2) is 0 Å². The molecule has 6 nitrogen and oxygen atoms in total. The van der Waals surface area contributed by atoms with Crippen LogP contribution in [0.2, 0.25) is 5.02 Å². The summed E-state index contributed by atoms with van der Waals surface area (Å²) in [6.07, 6.45) is 1.93. The maximum atomic E-state index is 12.4. The molecular formula is C21H17ClN4O2S2. The average Bonchev–Trinajstić information content (AvgIpc) is 3.38. The molecule has 4 rings (SSSR count). The topological polar surface area (TPSA) is 73.3 Å². The van der Waals surface area contributed by atoms with Crippen LogP contribution in [0.25, 0.3) is 11.5 Å². The second kappa shape index (κ2) is 9.42. The number of rotatable bonds is 6. The number of aromatic nitrogens is 3. The van der Waals surface area contributed by atoms with Gasteiger partial charge in [-0.2, -0.15) is 4.99 Å². The first-order valence-corrected chi connectivity index (χ1v) is 11.3. The van der Waals surface area contributed by atoms with Gasteiger partial charge in [0, 0.05) is 28.7 Å². The van der Waals surface area contributed by atoms with Crippen molar-refractivity contribution >= 4 is 40.6 Å². The molecule has 0 radical (unpaired) electrons. The summed E-state index contributed by atoms with van der Waals surface area (Å²) in [5.41, 5.74) is 3.10. The van der Waals surface area contributed by atoms with E-state index >= 15 is 0 Å². The number of thioether (sulfide) groups is 1. The van der Waals surface area contributed by atoms with E-state index in [-0.39, 0.29) is 11.7 Å². The summed E-state index contributed by atoms with van der Waals surface area (Å²) >= 11 is 8.58. The number of amides is 1. The first-order valence-electron chi connectivity index (χ1n) is 9.06. The summed E-state index contributed by atoms with van der Waals surface area (Å²) in [5, 5.41) is 10.8. The zero-order valence-corrected chi connectivity index (χ0v) is 18.4. The summed E-state index contributed by atoms with van der Waals surface area (Å²) in [4.78, 5) is 17.3. The van der Waals surface area contributed by atoms with Gasteiger partial charge in [0.1, 0.15) is 0 Å². The van der Waals surface area contributed by atoms with Gasteiger partial charge in [-0.3, -0.25) is 4.79 Å². The van der Waals surface area contributed by atoms with E-state index in [1.54, 1.807) is 12.1 Å². The van der Waals surface area contributed by atoms with Crippen LogP contribution in [0.15, 0.2) is 74.7 Å².